The van der Waals surface area contributed by atoms with Crippen molar-refractivity contribution in [3.05, 3.63) is 30.6 Å². The van der Waals surface area contributed by atoms with E-state index in [2.05, 4.69) is 34.0 Å². The Morgan fingerprint density at radius 1 is 1.25 bits per heavy atom. The van der Waals surface area contributed by atoms with Gasteiger partial charge in [-0.05, 0) is 38.1 Å². The lowest BCUT2D eigenvalue weighted by atomic mass is 10.1. The van der Waals surface area contributed by atoms with E-state index >= 15 is 0 Å². The fraction of sp³-hybridized carbons (Fsp3) is 0.438. The van der Waals surface area contributed by atoms with Crippen molar-refractivity contribution < 1.29 is 0 Å². The van der Waals surface area contributed by atoms with Crippen LogP contribution in [0, 0.1) is 0 Å². The Hall–Kier alpha value is -1.81. The lowest BCUT2D eigenvalue weighted by molar-refractivity contribution is 0.347. The molecule has 4 nitrogen and oxygen atoms in total. The average molecular weight is 270 g/mol. The third-order valence-electron chi connectivity index (χ3n) is 4.20. The largest absolute Gasteiger partial charge is 0.397 e. The molecule has 1 aromatic carbocycles. The molecule has 1 aliphatic heterocycles. The van der Waals surface area contributed by atoms with Crippen LogP contribution in [-0.4, -0.2) is 43.1 Å². The zero-order valence-corrected chi connectivity index (χ0v) is 12.0. The molecule has 4 heteroatoms. The van der Waals surface area contributed by atoms with Gasteiger partial charge >= 0.3 is 0 Å². The summed E-state index contributed by atoms with van der Waals surface area (Å²) in [7, 11) is 2.12. The van der Waals surface area contributed by atoms with Crippen LogP contribution in [-0.2, 0) is 0 Å². The number of likely N-dealkylation sites (tertiary alicyclic amines) is 1. The summed E-state index contributed by atoms with van der Waals surface area (Å²) in [5.41, 5.74) is 8.29. The molecule has 1 aliphatic rings. The second kappa shape index (κ2) is 5.67. The average Bonchev–Trinajstić information content (AvgIpc) is 2.99. The Balaban J connectivity index is 1.76. The van der Waals surface area contributed by atoms with Crippen molar-refractivity contribution in [3.8, 4) is 0 Å². The van der Waals surface area contributed by atoms with Gasteiger partial charge in [0.1, 0.15) is 0 Å². The number of hydrogen-bond donors (Lipinski definition) is 1. The standard InChI is InChI=1S/C16H22N4/c1-19(10-11-20-8-2-3-9-20)15-5-4-13-12-18-7-6-14(13)16(15)17/h4-7,12H,2-3,8-11,17H2,1H3. The Morgan fingerprint density at radius 3 is 2.85 bits per heavy atom. The van der Waals surface area contributed by atoms with E-state index in [1.807, 2.05) is 12.3 Å². The predicted molar refractivity (Wildman–Crippen MR) is 85.1 cm³/mol. The summed E-state index contributed by atoms with van der Waals surface area (Å²) in [4.78, 5) is 8.92. The zero-order chi connectivity index (χ0) is 13.9. The van der Waals surface area contributed by atoms with Crippen molar-refractivity contribution in [1.82, 2.24) is 9.88 Å². The molecule has 106 valence electrons. The summed E-state index contributed by atoms with van der Waals surface area (Å²) < 4.78 is 0. The molecule has 0 radical (unpaired) electrons. The van der Waals surface area contributed by atoms with Crippen LogP contribution < -0.4 is 10.6 Å². The van der Waals surface area contributed by atoms with Gasteiger partial charge in [0.15, 0.2) is 0 Å². The Morgan fingerprint density at radius 2 is 2.05 bits per heavy atom. The minimum atomic E-state index is 0.855. The maximum atomic E-state index is 6.32. The molecule has 20 heavy (non-hydrogen) atoms. The second-order valence-electron chi connectivity index (χ2n) is 5.57. The molecule has 1 aromatic heterocycles. The van der Waals surface area contributed by atoms with Crippen LogP contribution in [0.15, 0.2) is 30.6 Å². The van der Waals surface area contributed by atoms with Crippen LogP contribution in [0.25, 0.3) is 10.8 Å². The van der Waals surface area contributed by atoms with E-state index in [1.165, 1.54) is 25.9 Å². The van der Waals surface area contributed by atoms with Gasteiger partial charge in [-0.25, -0.2) is 0 Å². The molecule has 0 unspecified atom stereocenters. The van der Waals surface area contributed by atoms with Crippen molar-refractivity contribution in [2.24, 2.45) is 0 Å². The number of nitrogen functional groups attached to an aromatic ring is 1. The van der Waals surface area contributed by atoms with E-state index < -0.39 is 0 Å². The van der Waals surface area contributed by atoms with Gasteiger partial charge in [0.25, 0.3) is 0 Å². The van der Waals surface area contributed by atoms with Crippen LogP contribution in [0.1, 0.15) is 12.8 Å². The first kappa shape index (κ1) is 13.2. The van der Waals surface area contributed by atoms with Gasteiger partial charge in [0.2, 0.25) is 0 Å². The highest BCUT2D eigenvalue weighted by atomic mass is 15.2. The molecule has 0 bridgehead atoms. The van der Waals surface area contributed by atoms with Gasteiger partial charge in [-0.3, -0.25) is 4.98 Å². The molecular formula is C16H22N4. The predicted octanol–water partition coefficient (Wildman–Crippen LogP) is 2.35. The van der Waals surface area contributed by atoms with Crippen molar-refractivity contribution in [1.29, 1.82) is 0 Å². The number of benzene rings is 1. The van der Waals surface area contributed by atoms with Gasteiger partial charge in [0, 0.05) is 43.3 Å². The first-order chi connectivity index (χ1) is 9.75. The molecular weight excluding hydrogens is 248 g/mol. The Bertz CT molecular complexity index is 590. The van der Waals surface area contributed by atoms with Gasteiger partial charge < -0.3 is 15.5 Å². The minimum Gasteiger partial charge on any atom is -0.397 e. The molecule has 1 fully saturated rings. The fourth-order valence-corrected chi connectivity index (χ4v) is 2.93. The quantitative estimate of drug-likeness (QED) is 0.866. The van der Waals surface area contributed by atoms with E-state index in [9.17, 15) is 0 Å². The lowest BCUT2D eigenvalue weighted by Crippen LogP contribution is -2.31. The molecule has 0 spiro atoms. The third-order valence-corrected chi connectivity index (χ3v) is 4.20. The summed E-state index contributed by atoms with van der Waals surface area (Å²) in [6.07, 6.45) is 6.34. The summed E-state index contributed by atoms with van der Waals surface area (Å²) in [6.45, 7) is 4.62. The SMILES string of the molecule is CN(CCN1CCCC1)c1ccc2cnccc2c1N. The molecule has 3 rings (SSSR count). The first-order valence-electron chi connectivity index (χ1n) is 7.31. The molecule has 2 N–H and O–H groups in total. The number of aromatic nitrogens is 1. The van der Waals surface area contributed by atoms with E-state index in [-0.39, 0.29) is 0 Å². The molecule has 0 saturated carbocycles. The maximum absolute atomic E-state index is 6.32. The number of fused-ring (bicyclic) bond motifs is 1. The highest BCUT2D eigenvalue weighted by Crippen LogP contribution is 2.30. The molecule has 0 atom stereocenters. The van der Waals surface area contributed by atoms with Crippen molar-refractivity contribution in [2.45, 2.75) is 12.8 Å². The molecule has 0 aliphatic carbocycles. The summed E-state index contributed by atoms with van der Waals surface area (Å²) >= 11 is 0. The summed E-state index contributed by atoms with van der Waals surface area (Å²) in [5, 5.41) is 2.19. The molecule has 2 aromatic rings. The van der Waals surface area contributed by atoms with E-state index in [0.717, 1.165) is 35.2 Å². The van der Waals surface area contributed by atoms with Crippen LogP contribution in [0.5, 0.6) is 0 Å². The highest BCUT2D eigenvalue weighted by Gasteiger charge is 2.13. The van der Waals surface area contributed by atoms with E-state index in [1.54, 1.807) is 6.20 Å². The number of anilines is 2. The molecule has 2 heterocycles. The topological polar surface area (TPSA) is 45.4 Å². The number of nitrogens with zero attached hydrogens (tertiary/aromatic N) is 3. The van der Waals surface area contributed by atoms with Crippen LogP contribution in [0.2, 0.25) is 0 Å². The number of likely N-dealkylation sites (N-methyl/N-ethyl adjacent to an activating group) is 1. The summed E-state index contributed by atoms with van der Waals surface area (Å²) in [6, 6.07) is 6.19. The van der Waals surface area contributed by atoms with Crippen LogP contribution in [0.3, 0.4) is 0 Å². The van der Waals surface area contributed by atoms with Crippen molar-refractivity contribution in [2.75, 3.05) is 43.9 Å². The van der Waals surface area contributed by atoms with Gasteiger partial charge in [-0.2, -0.15) is 0 Å². The third kappa shape index (κ3) is 2.56. The molecule has 0 amide bonds. The monoisotopic (exact) mass is 270 g/mol. The minimum absolute atomic E-state index is 0.855. The number of rotatable bonds is 4. The van der Waals surface area contributed by atoms with Crippen LogP contribution in [0.4, 0.5) is 11.4 Å². The zero-order valence-electron chi connectivity index (χ0n) is 12.0. The smallest absolute Gasteiger partial charge is 0.0632 e. The second-order valence-corrected chi connectivity index (χ2v) is 5.57. The Labute approximate surface area is 120 Å². The number of nitrogens with two attached hydrogens (primary N) is 1. The van der Waals surface area contributed by atoms with Gasteiger partial charge in [-0.1, -0.05) is 6.07 Å². The summed E-state index contributed by atoms with van der Waals surface area (Å²) in [5.74, 6) is 0. The molecule has 1 saturated heterocycles. The maximum Gasteiger partial charge on any atom is 0.0632 e. The lowest BCUT2D eigenvalue weighted by Gasteiger charge is -2.25. The fourth-order valence-electron chi connectivity index (χ4n) is 2.93. The normalized spacial score (nSPS) is 15.8. The highest BCUT2D eigenvalue weighted by molar-refractivity contribution is 5.98. The van der Waals surface area contributed by atoms with E-state index in [4.69, 9.17) is 5.73 Å². The number of pyridine rings is 1. The Kier molecular flexibility index (Phi) is 3.74. The van der Waals surface area contributed by atoms with E-state index in [0.29, 0.717) is 0 Å². The van der Waals surface area contributed by atoms with Gasteiger partial charge in [-0.15, -0.1) is 0 Å². The van der Waals surface area contributed by atoms with Gasteiger partial charge in [0.05, 0.1) is 11.4 Å². The van der Waals surface area contributed by atoms with Crippen LogP contribution >= 0.6 is 0 Å². The van der Waals surface area contributed by atoms with Crippen molar-refractivity contribution in [3.63, 3.8) is 0 Å². The van der Waals surface area contributed by atoms with Crippen molar-refractivity contribution >= 4 is 22.1 Å². The number of hydrogen-bond acceptors (Lipinski definition) is 4. The first-order valence-corrected chi connectivity index (χ1v) is 7.31.